The molecule has 6 nitrogen and oxygen atoms in total. The summed E-state index contributed by atoms with van der Waals surface area (Å²) in [5, 5.41) is 3.15. The Morgan fingerprint density at radius 3 is 2.66 bits per heavy atom. The van der Waals surface area contributed by atoms with Crippen molar-refractivity contribution in [3.05, 3.63) is 72.1 Å². The lowest BCUT2D eigenvalue weighted by Crippen LogP contribution is -2.17. The number of halogens is 3. The van der Waals surface area contributed by atoms with Crippen LogP contribution in [0.5, 0.6) is 5.75 Å². The summed E-state index contributed by atoms with van der Waals surface area (Å²) >= 11 is 1.19. The first kappa shape index (κ1) is 23.7. The second kappa shape index (κ2) is 11.1. The van der Waals surface area contributed by atoms with Gasteiger partial charge in [-0.3, -0.25) is 4.79 Å². The molecule has 32 heavy (non-hydrogen) atoms. The maximum atomic E-state index is 13.1. The zero-order chi connectivity index (χ0) is 23.0. The van der Waals surface area contributed by atoms with Gasteiger partial charge >= 0.3 is 6.18 Å². The highest BCUT2D eigenvalue weighted by atomic mass is 32.2. The fraction of sp³-hybridized carbons (Fsp3) is 0.273. The number of anilines is 1. The molecular formula is C22H22F3N3O3S. The number of carbonyl (C=O) groups is 1. The Morgan fingerprint density at radius 1 is 1.16 bits per heavy atom. The number of hydrogen-bond donors (Lipinski definition) is 1. The molecule has 0 aliphatic carbocycles. The van der Waals surface area contributed by atoms with Crippen LogP contribution in [0.25, 0.3) is 0 Å². The minimum Gasteiger partial charge on any atom is -0.489 e. The number of alkyl halides is 3. The Morgan fingerprint density at radius 2 is 1.94 bits per heavy atom. The van der Waals surface area contributed by atoms with Crippen molar-refractivity contribution in [2.45, 2.75) is 17.9 Å². The smallest absolute Gasteiger partial charge is 0.416 e. The van der Waals surface area contributed by atoms with Gasteiger partial charge in [0.1, 0.15) is 12.4 Å². The quantitative estimate of drug-likeness (QED) is 0.347. The molecule has 0 spiro atoms. The van der Waals surface area contributed by atoms with E-state index >= 15 is 0 Å². The Balaban J connectivity index is 1.66. The zero-order valence-corrected chi connectivity index (χ0v) is 18.1. The van der Waals surface area contributed by atoms with E-state index in [2.05, 4.69) is 10.3 Å². The van der Waals surface area contributed by atoms with Crippen molar-refractivity contribution in [1.82, 2.24) is 9.55 Å². The van der Waals surface area contributed by atoms with E-state index in [0.717, 1.165) is 17.7 Å². The molecule has 3 rings (SSSR count). The summed E-state index contributed by atoms with van der Waals surface area (Å²) in [4.78, 5) is 16.8. The van der Waals surface area contributed by atoms with E-state index in [9.17, 15) is 18.0 Å². The van der Waals surface area contributed by atoms with Crippen molar-refractivity contribution in [3.8, 4) is 5.75 Å². The molecule has 1 N–H and O–H groups in total. The zero-order valence-electron chi connectivity index (χ0n) is 17.3. The predicted molar refractivity (Wildman–Crippen MR) is 116 cm³/mol. The second-order valence-corrected chi connectivity index (χ2v) is 7.65. The van der Waals surface area contributed by atoms with Crippen LogP contribution in [0.3, 0.4) is 0 Å². The number of nitrogens with one attached hydrogen (secondary N) is 1. The minimum absolute atomic E-state index is 0.0282. The molecule has 0 unspecified atom stereocenters. The summed E-state index contributed by atoms with van der Waals surface area (Å²) in [7, 11) is 1.48. The minimum atomic E-state index is -4.54. The van der Waals surface area contributed by atoms with Crippen molar-refractivity contribution in [2.75, 3.05) is 31.4 Å². The Bertz CT molecular complexity index is 1030. The number of rotatable bonds is 10. The molecule has 0 radical (unpaired) electrons. The Labute approximate surface area is 187 Å². The average molecular weight is 465 g/mol. The molecule has 0 saturated carbocycles. The van der Waals surface area contributed by atoms with Crippen molar-refractivity contribution >= 4 is 23.4 Å². The second-order valence-electron chi connectivity index (χ2n) is 6.71. The maximum absolute atomic E-state index is 13.1. The van der Waals surface area contributed by atoms with Gasteiger partial charge in [-0.2, -0.15) is 13.2 Å². The van der Waals surface area contributed by atoms with Crippen molar-refractivity contribution < 1.29 is 27.4 Å². The fourth-order valence-corrected chi connectivity index (χ4v) is 3.58. The Kier molecular flexibility index (Phi) is 8.18. The third kappa shape index (κ3) is 6.76. The van der Waals surface area contributed by atoms with E-state index in [1.807, 2.05) is 41.1 Å². The molecule has 0 aliphatic rings. The molecule has 0 bridgehead atoms. The summed E-state index contributed by atoms with van der Waals surface area (Å²) in [6.45, 7) is 0.987. The molecule has 0 atom stereocenters. The van der Waals surface area contributed by atoms with E-state index in [1.165, 1.54) is 24.9 Å². The highest BCUT2D eigenvalue weighted by Crippen LogP contribution is 2.35. The molecule has 3 aromatic rings. The first-order valence-corrected chi connectivity index (χ1v) is 10.7. The number of carbonyl (C=O) groups excluding carboxylic acids is 1. The Hall–Kier alpha value is -2.98. The predicted octanol–water partition coefficient (Wildman–Crippen LogP) is 4.71. The number of nitrogens with zero attached hydrogens (tertiary/aromatic N) is 2. The summed E-state index contributed by atoms with van der Waals surface area (Å²) in [6, 6.07) is 12.7. The number of imidazole rings is 1. The topological polar surface area (TPSA) is 65.4 Å². The van der Waals surface area contributed by atoms with E-state index < -0.39 is 17.6 Å². The van der Waals surface area contributed by atoms with E-state index in [4.69, 9.17) is 9.47 Å². The standard InChI is InChI=1S/C22H22F3N3O3S/c1-30-11-12-31-19-8-7-17(22(23,24)25)13-18(19)27-20(29)15-32-21-26-9-10-28(21)14-16-5-3-2-4-6-16/h2-10,13H,11-12,14-15H2,1H3,(H,27,29). The van der Waals surface area contributed by atoms with Crippen LogP contribution in [0.15, 0.2) is 66.1 Å². The van der Waals surface area contributed by atoms with Crippen LogP contribution in [0.1, 0.15) is 11.1 Å². The molecule has 10 heteroatoms. The summed E-state index contributed by atoms with van der Waals surface area (Å²) in [6.07, 6.45) is -1.10. The van der Waals surface area contributed by atoms with E-state index in [-0.39, 0.29) is 30.4 Å². The highest BCUT2D eigenvalue weighted by Gasteiger charge is 2.31. The number of amides is 1. The van der Waals surface area contributed by atoms with Gasteiger partial charge in [-0.05, 0) is 23.8 Å². The fourth-order valence-electron chi connectivity index (χ4n) is 2.82. The lowest BCUT2D eigenvalue weighted by molar-refractivity contribution is -0.137. The maximum Gasteiger partial charge on any atom is 0.416 e. The van der Waals surface area contributed by atoms with Crippen LogP contribution in [-0.2, 0) is 22.3 Å². The van der Waals surface area contributed by atoms with Crippen LogP contribution in [0, 0.1) is 0 Å². The third-order valence-corrected chi connectivity index (χ3v) is 5.34. The molecule has 2 aromatic carbocycles. The summed E-state index contributed by atoms with van der Waals surface area (Å²) in [5.41, 5.74) is 0.158. The SMILES string of the molecule is COCCOc1ccc(C(F)(F)F)cc1NC(=O)CSc1nccn1Cc1ccccc1. The number of thioether (sulfide) groups is 1. The largest absolute Gasteiger partial charge is 0.489 e. The number of ether oxygens (including phenoxy) is 2. The highest BCUT2D eigenvalue weighted by molar-refractivity contribution is 7.99. The monoisotopic (exact) mass is 465 g/mol. The van der Waals surface area contributed by atoms with Gasteiger partial charge in [-0.15, -0.1) is 0 Å². The van der Waals surface area contributed by atoms with Gasteiger partial charge in [-0.1, -0.05) is 42.1 Å². The number of methoxy groups -OCH3 is 1. The molecule has 0 aliphatic heterocycles. The first-order chi connectivity index (χ1) is 15.4. The lowest BCUT2D eigenvalue weighted by Gasteiger charge is -2.15. The van der Waals surface area contributed by atoms with Gasteiger partial charge in [0, 0.05) is 26.0 Å². The van der Waals surface area contributed by atoms with Crippen molar-refractivity contribution in [1.29, 1.82) is 0 Å². The van der Waals surface area contributed by atoms with E-state index in [0.29, 0.717) is 11.7 Å². The van der Waals surface area contributed by atoms with Gasteiger partial charge < -0.3 is 19.4 Å². The molecule has 0 fully saturated rings. The van der Waals surface area contributed by atoms with Crippen LogP contribution < -0.4 is 10.1 Å². The van der Waals surface area contributed by atoms with Gasteiger partial charge in [0.15, 0.2) is 5.16 Å². The van der Waals surface area contributed by atoms with Crippen LogP contribution in [-0.4, -0.2) is 41.5 Å². The van der Waals surface area contributed by atoms with Crippen molar-refractivity contribution in [2.24, 2.45) is 0 Å². The number of aromatic nitrogens is 2. The average Bonchev–Trinajstić information content (AvgIpc) is 3.20. The van der Waals surface area contributed by atoms with Crippen LogP contribution in [0.4, 0.5) is 18.9 Å². The molecule has 1 heterocycles. The van der Waals surface area contributed by atoms with Gasteiger partial charge in [0.05, 0.1) is 23.6 Å². The number of hydrogen-bond acceptors (Lipinski definition) is 5. The third-order valence-electron chi connectivity index (χ3n) is 4.33. The summed E-state index contributed by atoms with van der Waals surface area (Å²) in [5.74, 6) is -0.362. The lowest BCUT2D eigenvalue weighted by atomic mass is 10.1. The molecule has 170 valence electrons. The normalized spacial score (nSPS) is 11.4. The summed E-state index contributed by atoms with van der Waals surface area (Å²) < 4.78 is 51.6. The van der Waals surface area contributed by atoms with E-state index in [1.54, 1.807) is 6.20 Å². The molecule has 1 amide bonds. The molecule has 1 aromatic heterocycles. The van der Waals surface area contributed by atoms with Gasteiger partial charge in [0.2, 0.25) is 5.91 Å². The van der Waals surface area contributed by atoms with Crippen molar-refractivity contribution in [3.63, 3.8) is 0 Å². The van der Waals surface area contributed by atoms with Gasteiger partial charge in [0.25, 0.3) is 0 Å². The molecule has 0 saturated heterocycles. The van der Waals surface area contributed by atoms with Crippen LogP contribution >= 0.6 is 11.8 Å². The number of benzene rings is 2. The first-order valence-electron chi connectivity index (χ1n) is 9.67. The van der Waals surface area contributed by atoms with Crippen LogP contribution in [0.2, 0.25) is 0 Å². The molecular weight excluding hydrogens is 443 g/mol. The van der Waals surface area contributed by atoms with Gasteiger partial charge in [-0.25, -0.2) is 4.98 Å².